The Kier molecular flexibility index (Phi) is 4.06. The van der Waals surface area contributed by atoms with E-state index in [-0.39, 0.29) is 11.7 Å². The van der Waals surface area contributed by atoms with E-state index < -0.39 is 0 Å². The number of allylic oxidation sites excluding steroid dienone is 1. The van der Waals surface area contributed by atoms with E-state index in [4.69, 9.17) is 9.47 Å². The number of aldehydes is 1. The molecule has 4 heteroatoms. The van der Waals surface area contributed by atoms with Crippen molar-refractivity contribution in [1.29, 1.82) is 0 Å². The standard InChI is InChI=1S/C19H18O4/c1-22-18-7-6-12(9-19(18)23-2)8-13-10-15-14(16(13)11-20)4-3-5-17(15)21/h3-9,11,16,21H,10H2,1-2H3/b13-8+. The van der Waals surface area contributed by atoms with Crippen molar-refractivity contribution in [2.75, 3.05) is 14.2 Å². The third-order valence-corrected chi connectivity index (χ3v) is 4.20. The van der Waals surface area contributed by atoms with Crippen LogP contribution in [0.25, 0.3) is 6.08 Å². The second kappa shape index (κ2) is 6.16. The van der Waals surface area contributed by atoms with Crippen molar-refractivity contribution >= 4 is 12.4 Å². The summed E-state index contributed by atoms with van der Waals surface area (Å²) < 4.78 is 10.5. The van der Waals surface area contributed by atoms with Gasteiger partial charge in [-0.15, -0.1) is 0 Å². The van der Waals surface area contributed by atoms with Crippen LogP contribution < -0.4 is 9.47 Å². The van der Waals surface area contributed by atoms with Gasteiger partial charge in [-0.25, -0.2) is 0 Å². The fourth-order valence-corrected chi connectivity index (χ4v) is 3.05. The quantitative estimate of drug-likeness (QED) is 0.880. The molecule has 0 spiro atoms. The summed E-state index contributed by atoms with van der Waals surface area (Å²) in [4.78, 5) is 11.5. The second-order valence-electron chi connectivity index (χ2n) is 5.47. The van der Waals surface area contributed by atoms with Gasteiger partial charge in [0.1, 0.15) is 12.0 Å². The van der Waals surface area contributed by atoms with Crippen molar-refractivity contribution in [2.45, 2.75) is 12.3 Å². The van der Waals surface area contributed by atoms with Gasteiger partial charge in [-0.1, -0.05) is 29.8 Å². The Labute approximate surface area is 135 Å². The van der Waals surface area contributed by atoms with E-state index in [1.54, 1.807) is 26.4 Å². The number of methoxy groups -OCH3 is 2. The molecule has 0 bridgehead atoms. The Morgan fingerprint density at radius 2 is 1.91 bits per heavy atom. The minimum atomic E-state index is -0.315. The first-order chi connectivity index (χ1) is 11.2. The summed E-state index contributed by atoms with van der Waals surface area (Å²) in [6, 6.07) is 10.9. The molecular formula is C19H18O4. The highest BCUT2D eigenvalue weighted by Gasteiger charge is 2.28. The summed E-state index contributed by atoms with van der Waals surface area (Å²) in [6.07, 6.45) is 3.47. The lowest BCUT2D eigenvalue weighted by atomic mass is 9.97. The normalized spacial score (nSPS) is 17.8. The molecule has 1 atom stereocenters. The lowest BCUT2D eigenvalue weighted by molar-refractivity contribution is -0.108. The topological polar surface area (TPSA) is 55.8 Å². The zero-order valence-corrected chi connectivity index (χ0v) is 13.1. The molecule has 0 aliphatic heterocycles. The Hall–Kier alpha value is -2.75. The second-order valence-corrected chi connectivity index (χ2v) is 5.47. The Bertz CT molecular complexity index is 777. The van der Waals surface area contributed by atoms with Gasteiger partial charge >= 0.3 is 0 Å². The fraction of sp³-hybridized carbons (Fsp3) is 0.211. The van der Waals surface area contributed by atoms with Gasteiger partial charge in [0.05, 0.1) is 20.1 Å². The van der Waals surface area contributed by atoms with Gasteiger partial charge in [-0.05, 0) is 35.7 Å². The molecule has 2 aromatic rings. The van der Waals surface area contributed by atoms with Crippen LogP contribution in [0.1, 0.15) is 22.6 Å². The number of carbonyl (C=O) groups excluding carboxylic acids is 1. The van der Waals surface area contributed by atoms with Crippen LogP contribution >= 0.6 is 0 Å². The predicted molar refractivity (Wildman–Crippen MR) is 88.1 cm³/mol. The van der Waals surface area contributed by atoms with Crippen molar-refractivity contribution in [2.24, 2.45) is 0 Å². The van der Waals surface area contributed by atoms with E-state index in [9.17, 15) is 9.90 Å². The maximum Gasteiger partial charge on any atom is 0.161 e. The SMILES string of the molecule is COc1ccc(/C=C2\Cc3c(O)cccc3C2C=O)cc1OC. The average Bonchev–Trinajstić information content (AvgIpc) is 2.93. The van der Waals surface area contributed by atoms with E-state index >= 15 is 0 Å². The zero-order valence-electron chi connectivity index (χ0n) is 13.1. The van der Waals surface area contributed by atoms with Crippen molar-refractivity contribution in [3.05, 3.63) is 58.7 Å². The molecule has 0 saturated heterocycles. The third-order valence-electron chi connectivity index (χ3n) is 4.20. The number of aromatic hydroxyl groups is 1. The van der Waals surface area contributed by atoms with Crippen molar-refractivity contribution in [3.8, 4) is 17.2 Å². The van der Waals surface area contributed by atoms with Crippen molar-refractivity contribution in [1.82, 2.24) is 0 Å². The number of rotatable bonds is 4. The van der Waals surface area contributed by atoms with E-state index in [0.29, 0.717) is 17.9 Å². The Morgan fingerprint density at radius 3 is 2.61 bits per heavy atom. The molecular weight excluding hydrogens is 292 g/mol. The number of phenolic OH excluding ortho intramolecular Hbond substituents is 1. The molecule has 2 aromatic carbocycles. The third kappa shape index (κ3) is 2.68. The van der Waals surface area contributed by atoms with Gasteiger partial charge in [0.15, 0.2) is 11.5 Å². The van der Waals surface area contributed by atoms with Gasteiger partial charge < -0.3 is 19.4 Å². The first-order valence-corrected chi connectivity index (χ1v) is 7.36. The van der Waals surface area contributed by atoms with Crippen molar-refractivity contribution < 1.29 is 19.4 Å². The molecule has 1 aliphatic rings. The highest BCUT2D eigenvalue weighted by Crippen LogP contribution is 2.41. The van der Waals surface area contributed by atoms with Crippen LogP contribution in [0.5, 0.6) is 17.2 Å². The summed E-state index contributed by atoms with van der Waals surface area (Å²) in [5.74, 6) is 1.23. The number of ether oxygens (including phenoxy) is 2. The van der Waals surface area contributed by atoms with Gasteiger partial charge in [0.2, 0.25) is 0 Å². The number of carbonyl (C=O) groups is 1. The van der Waals surface area contributed by atoms with Crippen LogP contribution in [-0.4, -0.2) is 25.6 Å². The van der Waals surface area contributed by atoms with Crippen LogP contribution in [-0.2, 0) is 11.2 Å². The van der Waals surface area contributed by atoms with Crippen LogP contribution in [0, 0.1) is 0 Å². The molecule has 118 valence electrons. The van der Waals surface area contributed by atoms with Gasteiger partial charge in [0.25, 0.3) is 0 Å². The molecule has 0 fully saturated rings. The highest BCUT2D eigenvalue weighted by atomic mass is 16.5. The minimum Gasteiger partial charge on any atom is -0.508 e. The van der Waals surface area contributed by atoms with Crippen LogP contribution in [0.4, 0.5) is 0 Å². The first kappa shape index (κ1) is 15.2. The van der Waals surface area contributed by atoms with E-state index in [0.717, 1.165) is 28.5 Å². The molecule has 0 aromatic heterocycles. The number of hydrogen-bond donors (Lipinski definition) is 1. The molecule has 3 rings (SSSR count). The van der Waals surface area contributed by atoms with Gasteiger partial charge in [-0.3, -0.25) is 0 Å². The summed E-state index contributed by atoms with van der Waals surface area (Å²) in [5, 5.41) is 10.00. The predicted octanol–water partition coefficient (Wildman–Crippen LogP) is 3.33. The number of phenols is 1. The van der Waals surface area contributed by atoms with Crippen LogP contribution in [0.3, 0.4) is 0 Å². The smallest absolute Gasteiger partial charge is 0.161 e. The molecule has 23 heavy (non-hydrogen) atoms. The first-order valence-electron chi connectivity index (χ1n) is 7.36. The number of hydrogen-bond acceptors (Lipinski definition) is 4. The molecule has 1 aliphatic carbocycles. The zero-order chi connectivity index (χ0) is 16.4. The summed E-state index contributed by atoms with van der Waals surface area (Å²) >= 11 is 0. The van der Waals surface area contributed by atoms with Crippen LogP contribution in [0.15, 0.2) is 42.0 Å². The van der Waals surface area contributed by atoms with E-state index in [1.807, 2.05) is 30.3 Å². The lowest BCUT2D eigenvalue weighted by Crippen LogP contribution is -1.97. The summed E-state index contributed by atoms with van der Waals surface area (Å²) in [5.41, 5.74) is 3.60. The van der Waals surface area contributed by atoms with Crippen molar-refractivity contribution in [3.63, 3.8) is 0 Å². The maximum absolute atomic E-state index is 11.5. The van der Waals surface area contributed by atoms with Crippen LogP contribution in [0.2, 0.25) is 0 Å². The molecule has 0 saturated carbocycles. The number of fused-ring (bicyclic) bond motifs is 1. The van der Waals surface area contributed by atoms with E-state index in [1.165, 1.54) is 0 Å². The monoisotopic (exact) mass is 310 g/mol. The minimum absolute atomic E-state index is 0.241. The molecule has 1 unspecified atom stereocenters. The van der Waals surface area contributed by atoms with Gasteiger partial charge in [0, 0.05) is 5.56 Å². The highest BCUT2D eigenvalue weighted by molar-refractivity contribution is 5.77. The molecule has 1 N–H and O–H groups in total. The largest absolute Gasteiger partial charge is 0.508 e. The van der Waals surface area contributed by atoms with E-state index in [2.05, 4.69) is 0 Å². The summed E-state index contributed by atoms with van der Waals surface area (Å²) in [6.45, 7) is 0. The Morgan fingerprint density at radius 1 is 1.13 bits per heavy atom. The molecule has 4 nitrogen and oxygen atoms in total. The molecule has 0 radical (unpaired) electrons. The maximum atomic E-state index is 11.5. The lowest BCUT2D eigenvalue weighted by Gasteiger charge is -2.09. The average molecular weight is 310 g/mol. The molecule has 0 heterocycles. The molecule has 0 amide bonds. The number of benzene rings is 2. The fourth-order valence-electron chi connectivity index (χ4n) is 3.05. The van der Waals surface area contributed by atoms with Gasteiger partial charge in [-0.2, -0.15) is 0 Å². The Balaban J connectivity index is 2.01. The summed E-state index contributed by atoms with van der Waals surface area (Å²) in [7, 11) is 3.18.